The molecule has 1 aliphatic carbocycles. The molecule has 62 valence electrons. The lowest BCUT2D eigenvalue weighted by atomic mass is 10.3. The summed E-state index contributed by atoms with van der Waals surface area (Å²) in [4.78, 5) is 0. The third-order valence-corrected chi connectivity index (χ3v) is 2.62. The van der Waals surface area contributed by atoms with Gasteiger partial charge in [-0.2, -0.15) is 5.26 Å². The Morgan fingerprint density at radius 3 is 2.27 bits per heavy atom. The summed E-state index contributed by atoms with van der Waals surface area (Å²) in [6.07, 6.45) is 2.26. The van der Waals surface area contributed by atoms with E-state index < -0.39 is 8.32 Å². The third-order valence-electron chi connectivity index (χ3n) is 1.66. The van der Waals surface area contributed by atoms with Crippen LogP contribution in [0.1, 0.15) is 12.8 Å². The van der Waals surface area contributed by atoms with Gasteiger partial charge >= 0.3 is 0 Å². The third kappa shape index (κ3) is 3.04. The average molecular weight is 169 g/mol. The molecule has 1 atom stereocenters. The van der Waals surface area contributed by atoms with Crippen LogP contribution in [-0.4, -0.2) is 14.4 Å². The Balaban J connectivity index is 2.39. The zero-order valence-corrected chi connectivity index (χ0v) is 8.42. The summed E-state index contributed by atoms with van der Waals surface area (Å²) in [5.41, 5.74) is 0. The quantitative estimate of drug-likeness (QED) is 0.606. The predicted octanol–water partition coefficient (Wildman–Crippen LogP) is 2.14. The molecule has 3 heteroatoms. The van der Waals surface area contributed by atoms with Crippen molar-refractivity contribution < 1.29 is 4.43 Å². The second-order valence-electron chi connectivity index (χ2n) is 4.12. The Bertz CT molecular complexity index is 176. The zero-order valence-electron chi connectivity index (χ0n) is 7.42. The van der Waals surface area contributed by atoms with Crippen molar-refractivity contribution in [1.29, 1.82) is 5.26 Å². The number of rotatable bonds is 3. The van der Waals surface area contributed by atoms with E-state index in [9.17, 15) is 0 Å². The molecule has 1 aliphatic rings. The van der Waals surface area contributed by atoms with Crippen LogP contribution in [-0.2, 0) is 4.43 Å². The Kier molecular flexibility index (Phi) is 2.36. The molecule has 0 spiro atoms. The molecule has 0 aromatic carbocycles. The van der Waals surface area contributed by atoms with Crippen molar-refractivity contribution in [1.82, 2.24) is 0 Å². The second-order valence-corrected chi connectivity index (χ2v) is 8.58. The molecule has 0 aromatic rings. The first-order valence-corrected chi connectivity index (χ1v) is 7.51. The van der Waals surface area contributed by atoms with Gasteiger partial charge in [0.15, 0.2) is 8.32 Å². The van der Waals surface area contributed by atoms with Crippen molar-refractivity contribution >= 4 is 8.32 Å². The monoisotopic (exact) mass is 169 g/mol. The van der Waals surface area contributed by atoms with E-state index in [2.05, 4.69) is 25.7 Å². The smallest absolute Gasteiger partial charge is 0.185 e. The van der Waals surface area contributed by atoms with Gasteiger partial charge in [-0.15, -0.1) is 0 Å². The Labute approximate surface area is 69.3 Å². The highest BCUT2D eigenvalue weighted by Crippen LogP contribution is 2.35. The molecular weight excluding hydrogens is 154 g/mol. The summed E-state index contributed by atoms with van der Waals surface area (Å²) >= 11 is 0. The van der Waals surface area contributed by atoms with Gasteiger partial charge in [-0.05, 0) is 38.4 Å². The van der Waals surface area contributed by atoms with Crippen molar-refractivity contribution in [2.24, 2.45) is 5.92 Å². The zero-order chi connectivity index (χ0) is 8.48. The van der Waals surface area contributed by atoms with Gasteiger partial charge in [0.1, 0.15) is 6.10 Å². The van der Waals surface area contributed by atoms with Gasteiger partial charge in [0, 0.05) is 0 Å². The van der Waals surface area contributed by atoms with Crippen LogP contribution in [0, 0.1) is 17.2 Å². The minimum Gasteiger partial charge on any atom is -0.402 e. The van der Waals surface area contributed by atoms with E-state index in [1.165, 1.54) is 12.8 Å². The fourth-order valence-corrected chi connectivity index (χ4v) is 2.01. The molecule has 1 saturated carbocycles. The van der Waals surface area contributed by atoms with Crippen molar-refractivity contribution in [2.45, 2.75) is 38.6 Å². The molecule has 0 heterocycles. The molecule has 0 aliphatic heterocycles. The van der Waals surface area contributed by atoms with Crippen LogP contribution in [0.25, 0.3) is 0 Å². The lowest BCUT2D eigenvalue weighted by Crippen LogP contribution is -2.32. The minimum absolute atomic E-state index is 0.110. The highest BCUT2D eigenvalue weighted by Gasteiger charge is 2.34. The van der Waals surface area contributed by atoms with E-state index in [1.807, 2.05) is 0 Å². The van der Waals surface area contributed by atoms with Crippen LogP contribution in [0.2, 0.25) is 19.6 Å². The summed E-state index contributed by atoms with van der Waals surface area (Å²) in [6, 6.07) is 2.23. The summed E-state index contributed by atoms with van der Waals surface area (Å²) < 4.78 is 5.69. The standard InChI is InChI=1S/C8H15NOSi/c1-11(2,3)10-8(6-9)7-4-5-7/h7-8H,4-5H2,1-3H3. The molecule has 0 amide bonds. The highest BCUT2D eigenvalue weighted by atomic mass is 28.4. The van der Waals surface area contributed by atoms with Crippen molar-refractivity contribution in [3.05, 3.63) is 0 Å². The van der Waals surface area contributed by atoms with E-state index in [0.717, 1.165) is 0 Å². The summed E-state index contributed by atoms with van der Waals surface area (Å²) in [5, 5.41) is 8.75. The van der Waals surface area contributed by atoms with Crippen LogP contribution < -0.4 is 0 Å². The SMILES string of the molecule is C[Si](C)(C)OC(C#N)C1CC1. The molecule has 1 rings (SSSR count). The van der Waals surface area contributed by atoms with Gasteiger partial charge in [0.2, 0.25) is 0 Å². The highest BCUT2D eigenvalue weighted by molar-refractivity contribution is 6.69. The maximum Gasteiger partial charge on any atom is 0.185 e. The number of hydrogen-bond donors (Lipinski definition) is 0. The van der Waals surface area contributed by atoms with Crippen molar-refractivity contribution in [3.8, 4) is 6.07 Å². The first-order chi connectivity index (χ1) is 5.03. The summed E-state index contributed by atoms with van der Waals surface area (Å²) in [6.45, 7) is 6.37. The van der Waals surface area contributed by atoms with Gasteiger partial charge < -0.3 is 4.43 Å². The lowest BCUT2D eigenvalue weighted by molar-refractivity contribution is 0.225. The average Bonchev–Trinajstić information content (AvgIpc) is 2.61. The molecular formula is C8H15NOSi. The van der Waals surface area contributed by atoms with Crippen molar-refractivity contribution in [3.63, 3.8) is 0 Å². The van der Waals surface area contributed by atoms with E-state index in [0.29, 0.717) is 5.92 Å². The van der Waals surface area contributed by atoms with E-state index in [1.54, 1.807) is 0 Å². The number of nitrogens with zero attached hydrogens (tertiary/aromatic N) is 1. The Hall–Kier alpha value is -0.333. The van der Waals surface area contributed by atoms with E-state index in [-0.39, 0.29) is 6.10 Å². The fourth-order valence-electron chi connectivity index (χ4n) is 1.01. The maximum atomic E-state index is 8.75. The van der Waals surface area contributed by atoms with Crippen LogP contribution in [0.4, 0.5) is 0 Å². The normalized spacial score (nSPS) is 20.9. The van der Waals surface area contributed by atoms with Gasteiger partial charge in [-0.25, -0.2) is 0 Å². The molecule has 1 fully saturated rings. The minimum atomic E-state index is -1.49. The lowest BCUT2D eigenvalue weighted by Gasteiger charge is -2.21. The molecule has 2 nitrogen and oxygen atoms in total. The van der Waals surface area contributed by atoms with Gasteiger partial charge in [-0.1, -0.05) is 0 Å². The number of nitriles is 1. The Morgan fingerprint density at radius 1 is 1.45 bits per heavy atom. The van der Waals surface area contributed by atoms with Crippen LogP contribution in [0.3, 0.4) is 0 Å². The predicted molar refractivity (Wildman–Crippen MR) is 46.6 cm³/mol. The summed E-state index contributed by atoms with van der Waals surface area (Å²) in [5.74, 6) is 0.548. The Morgan fingerprint density at radius 2 is 2.00 bits per heavy atom. The van der Waals surface area contributed by atoms with Crippen LogP contribution >= 0.6 is 0 Å². The second kappa shape index (κ2) is 2.96. The van der Waals surface area contributed by atoms with Gasteiger partial charge in [-0.3, -0.25) is 0 Å². The summed E-state index contributed by atoms with van der Waals surface area (Å²) in [7, 11) is -1.49. The molecule has 0 aromatic heterocycles. The topological polar surface area (TPSA) is 33.0 Å². The molecule has 0 N–H and O–H groups in total. The molecule has 11 heavy (non-hydrogen) atoms. The first kappa shape index (κ1) is 8.76. The fraction of sp³-hybridized carbons (Fsp3) is 0.875. The first-order valence-electron chi connectivity index (χ1n) is 4.10. The number of hydrogen-bond acceptors (Lipinski definition) is 2. The maximum absolute atomic E-state index is 8.75. The molecule has 0 radical (unpaired) electrons. The molecule has 0 bridgehead atoms. The van der Waals surface area contributed by atoms with Crippen LogP contribution in [0.15, 0.2) is 0 Å². The van der Waals surface area contributed by atoms with Gasteiger partial charge in [0.25, 0.3) is 0 Å². The van der Waals surface area contributed by atoms with E-state index in [4.69, 9.17) is 9.69 Å². The molecule has 0 saturated heterocycles. The van der Waals surface area contributed by atoms with Crippen LogP contribution in [0.5, 0.6) is 0 Å². The van der Waals surface area contributed by atoms with E-state index >= 15 is 0 Å². The molecule has 1 unspecified atom stereocenters. The van der Waals surface area contributed by atoms with Crippen molar-refractivity contribution in [2.75, 3.05) is 0 Å². The largest absolute Gasteiger partial charge is 0.402 e. The van der Waals surface area contributed by atoms with Gasteiger partial charge in [0.05, 0.1) is 6.07 Å².